The molecule has 3 rings (SSSR count). The van der Waals surface area contributed by atoms with E-state index in [0.29, 0.717) is 23.4 Å². The quantitative estimate of drug-likeness (QED) is 0.729. The van der Waals surface area contributed by atoms with Crippen molar-refractivity contribution in [1.82, 2.24) is 4.90 Å². The number of alkyl halides is 3. The van der Waals surface area contributed by atoms with Crippen LogP contribution in [0.3, 0.4) is 0 Å². The Labute approximate surface area is 173 Å². The Kier molecular flexibility index (Phi) is 6.01. The van der Waals surface area contributed by atoms with Gasteiger partial charge in [-0.3, -0.25) is 4.79 Å². The van der Waals surface area contributed by atoms with Crippen molar-refractivity contribution in [3.63, 3.8) is 0 Å². The number of anilines is 1. The molecule has 1 aliphatic rings. The third kappa shape index (κ3) is 4.25. The van der Waals surface area contributed by atoms with Crippen molar-refractivity contribution in [3.05, 3.63) is 51.4 Å². The van der Waals surface area contributed by atoms with Crippen LogP contribution in [0.4, 0.5) is 23.0 Å². The molecule has 2 heterocycles. The lowest BCUT2D eigenvalue weighted by atomic mass is 10.0. The van der Waals surface area contributed by atoms with Crippen LogP contribution in [0.2, 0.25) is 0 Å². The minimum absolute atomic E-state index is 0.141. The predicted octanol–water partition coefficient (Wildman–Crippen LogP) is 3.93. The van der Waals surface area contributed by atoms with Gasteiger partial charge in [-0.15, -0.1) is 11.3 Å². The van der Waals surface area contributed by atoms with Gasteiger partial charge in [0.25, 0.3) is 5.91 Å². The molecule has 0 saturated carbocycles. The molecular weight excluding hydrogens is 425 g/mol. The highest BCUT2D eigenvalue weighted by Gasteiger charge is 2.33. The highest BCUT2D eigenvalue weighted by Crippen LogP contribution is 2.38. The van der Waals surface area contributed by atoms with Gasteiger partial charge >= 0.3 is 18.2 Å². The minimum atomic E-state index is -4.59. The second-order valence-electron chi connectivity index (χ2n) is 6.37. The van der Waals surface area contributed by atoms with Crippen LogP contribution in [0.5, 0.6) is 0 Å². The molecule has 30 heavy (non-hydrogen) atoms. The van der Waals surface area contributed by atoms with Crippen molar-refractivity contribution in [2.75, 3.05) is 26.1 Å². The molecule has 11 heteroatoms. The first-order valence-electron chi connectivity index (χ1n) is 8.70. The topological polar surface area (TPSA) is 84.9 Å². The Hall–Kier alpha value is -3.08. The van der Waals surface area contributed by atoms with Gasteiger partial charge in [0.1, 0.15) is 5.00 Å². The summed E-state index contributed by atoms with van der Waals surface area (Å²) in [6, 6.07) is 3.98. The van der Waals surface area contributed by atoms with Crippen molar-refractivity contribution in [2.24, 2.45) is 0 Å². The molecule has 0 radical (unpaired) electrons. The Balaban J connectivity index is 1.93. The van der Waals surface area contributed by atoms with Gasteiger partial charge in [-0.05, 0) is 30.2 Å². The summed E-state index contributed by atoms with van der Waals surface area (Å²) < 4.78 is 48.3. The number of thiophene rings is 1. The molecule has 0 bridgehead atoms. The molecule has 0 aliphatic carbocycles. The standard InChI is InChI=1S/C19H17F3N2O5S/c1-28-17(26)14-12-6-7-24(18(27)29-2)9-13(12)30-16(14)23-15(25)10-4-3-5-11(8-10)19(20,21)22/h3-5,8H,6-7,9H2,1-2H3,(H,23,25). The third-order valence-corrected chi connectivity index (χ3v) is 5.69. The molecule has 0 unspecified atom stereocenters. The maximum Gasteiger partial charge on any atom is 0.416 e. The summed E-state index contributed by atoms with van der Waals surface area (Å²) in [6.07, 6.45) is -4.78. The second-order valence-corrected chi connectivity index (χ2v) is 7.48. The van der Waals surface area contributed by atoms with Crippen LogP contribution in [0.15, 0.2) is 24.3 Å². The summed E-state index contributed by atoms with van der Waals surface area (Å²) in [5, 5.41) is 2.67. The Bertz CT molecular complexity index is 1000. The number of halogens is 3. The van der Waals surface area contributed by atoms with Gasteiger partial charge in [0.15, 0.2) is 0 Å². The van der Waals surface area contributed by atoms with E-state index in [2.05, 4.69) is 5.32 Å². The first kappa shape index (κ1) is 21.6. The highest BCUT2D eigenvalue weighted by atomic mass is 32.1. The van der Waals surface area contributed by atoms with Gasteiger partial charge in [0.05, 0.1) is 31.9 Å². The van der Waals surface area contributed by atoms with E-state index in [0.717, 1.165) is 29.5 Å². The molecule has 2 amide bonds. The zero-order chi connectivity index (χ0) is 22.1. The van der Waals surface area contributed by atoms with Gasteiger partial charge in [-0.2, -0.15) is 13.2 Å². The summed E-state index contributed by atoms with van der Waals surface area (Å²) in [6.45, 7) is 0.484. The molecule has 160 valence electrons. The van der Waals surface area contributed by atoms with Crippen LogP contribution in [0, 0.1) is 0 Å². The number of nitrogens with one attached hydrogen (secondary N) is 1. The number of methoxy groups -OCH3 is 2. The Morgan fingerprint density at radius 3 is 2.53 bits per heavy atom. The highest BCUT2D eigenvalue weighted by molar-refractivity contribution is 7.17. The monoisotopic (exact) mass is 442 g/mol. The van der Waals surface area contributed by atoms with E-state index in [9.17, 15) is 27.6 Å². The average molecular weight is 442 g/mol. The Morgan fingerprint density at radius 1 is 1.17 bits per heavy atom. The van der Waals surface area contributed by atoms with Crippen LogP contribution < -0.4 is 5.32 Å². The molecule has 0 fully saturated rings. The van der Waals surface area contributed by atoms with Crippen molar-refractivity contribution in [2.45, 2.75) is 19.1 Å². The number of nitrogens with zero attached hydrogens (tertiary/aromatic N) is 1. The number of hydrogen-bond acceptors (Lipinski definition) is 6. The van der Waals surface area contributed by atoms with E-state index in [-0.39, 0.29) is 22.7 Å². The van der Waals surface area contributed by atoms with Crippen LogP contribution in [-0.4, -0.2) is 43.6 Å². The Morgan fingerprint density at radius 2 is 1.90 bits per heavy atom. The number of rotatable bonds is 3. The van der Waals surface area contributed by atoms with Gasteiger partial charge in [-0.25, -0.2) is 9.59 Å². The van der Waals surface area contributed by atoms with E-state index in [4.69, 9.17) is 9.47 Å². The predicted molar refractivity (Wildman–Crippen MR) is 102 cm³/mol. The summed E-state index contributed by atoms with van der Waals surface area (Å²) in [4.78, 5) is 38.8. The summed E-state index contributed by atoms with van der Waals surface area (Å²) in [7, 11) is 2.45. The lowest BCUT2D eigenvalue weighted by Gasteiger charge is -2.25. The van der Waals surface area contributed by atoms with E-state index >= 15 is 0 Å². The van der Waals surface area contributed by atoms with Gasteiger partial charge < -0.3 is 19.7 Å². The minimum Gasteiger partial charge on any atom is -0.465 e. The summed E-state index contributed by atoms with van der Waals surface area (Å²) in [5.74, 6) is -1.48. The third-order valence-electron chi connectivity index (χ3n) is 4.56. The fourth-order valence-corrected chi connectivity index (χ4v) is 4.35. The number of esters is 1. The first-order valence-corrected chi connectivity index (χ1v) is 9.51. The number of hydrogen-bond donors (Lipinski definition) is 1. The zero-order valence-corrected chi connectivity index (χ0v) is 16.8. The number of amides is 2. The number of carbonyl (C=O) groups is 3. The normalized spacial score (nSPS) is 13.4. The lowest BCUT2D eigenvalue weighted by Crippen LogP contribution is -2.35. The molecule has 1 N–H and O–H groups in total. The summed E-state index contributed by atoms with van der Waals surface area (Å²) in [5.41, 5.74) is -0.389. The number of fused-ring (bicyclic) bond motifs is 1. The van der Waals surface area contributed by atoms with Crippen molar-refractivity contribution in [3.8, 4) is 0 Å². The second kappa shape index (κ2) is 8.34. The van der Waals surface area contributed by atoms with Crippen molar-refractivity contribution in [1.29, 1.82) is 0 Å². The van der Waals surface area contributed by atoms with Crippen LogP contribution in [0.25, 0.3) is 0 Å². The molecule has 1 aromatic carbocycles. The van der Waals surface area contributed by atoms with E-state index < -0.39 is 29.7 Å². The summed E-state index contributed by atoms with van der Waals surface area (Å²) >= 11 is 1.07. The SMILES string of the molecule is COC(=O)c1c(NC(=O)c2cccc(C(F)(F)F)c2)sc2c1CCN(C(=O)OC)C2. The lowest BCUT2D eigenvalue weighted by molar-refractivity contribution is -0.137. The number of carbonyl (C=O) groups excluding carboxylic acids is 3. The molecular formula is C19H17F3N2O5S. The fraction of sp³-hybridized carbons (Fsp3) is 0.316. The van der Waals surface area contributed by atoms with E-state index in [1.807, 2.05) is 0 Å². The molecule has 0 saturated heterocycles. The number of benzene rings is 1. The average Bonchev–Trinajstić information content (AvgIpc) is 3.08. The molecule has 2 aromatic rings. The van der Waals surface area contributed by atoms with E-state index in [1.54, 1.807) is 0 Å². The maximum atomic E-state index is 12.9. The molecule has 1 aliphatic heterocycles. The van der Waals surface area contributed by atoms with Gasteiger partial charge in [0.2, 0.25) is 0 Å². The van der Waals surface area contributed by atoms with E-state index in [1.165, 1.54) is 25.2 Å². The van der Waals surface area contributed by atoms with Crippen LogP contribution in [-0.2, 0) is 28.6 Å². The van der Waals surface area contributed by atoms with Crippen LogP contribution in [0.1, 0.15) is 36.7 Å². The molecule has 1 aromatic heterocycles. The van der Waals surface area contributed by atoms with Crippen molar-refractivity contribution < 1.29 is 37.0 Å². The first-order chi connectivity index (χ1) is 14.2. The number of ether oxygens (including phenoxy) is 2. The van der Waals surface area contributed by atoms with Crippen LogP contribution >= 0.6 is 11.3 Å². The fourth-order valence-electron chi connectivity index (χ4n) is 3.11. The molecule has 0 atom stereocenters. The molecule has 7 nitrogen and oxygen atoms in total. The largest absolute Gasteiger partial charge is 0.465 e. The van der Waals surface area contributed by atoms with Crippen molar-refractivity contribution >= 4 is 34.3 Å². The smallest absolute Gasteiger partial charge is 0.416 e. The maximum absolute atomic E-state index is 12.9. The zero-order valence-electron chi connectivity index (χ0n) is 16.0. The molecule has 0 spiro atoms. The van der Waals surface area contributed by atoms with Gasteiger partial charge in [0, 0.05) is 17.0 Å². The van der Waals surface area contributed by atoms with Gasteiger partial charge in [-0.1, -0.05) is 6.07 Å².